The molecule has 0 unspecified atom stereocenters. The molecule has 0 aliphatic carbocycles. The normalized spacial score (nSPS) is 10.9. The second-order valence-electron chi connectivity index (χ2n) is 6.12. The molecule has 0 bridgehead atoms. The predicted molar refractivity (Wildman–Crippen MR) is 114 cm³/mol. The molecule has 4 rings (SSSR count). The van der Waals surface area contributed by atoms with Crippen LogP contribution >= 0.6 is 11.3 Å². The summed E-state index contributed by atoms with van der Waals surface area (Å²) in [5, 5.41) is 6.59. The van der Waals surface area contributed by atoms with Gasteiger partial charge in [0.2, 0.25) is 0 Å². The molecule has 4 aromatic rings. The fourth-order valence-corrected chi connectivity index (χ4v) is 4.27. The lowest BCUT2D eigenvalue weighted by atomic mass is 10.0. The number of thiophene rings is 1. The summed E-state index contributed by atoms with van der Waals surface area (Å²) < 4.78 is 7.56. The number of amides is 2. The zero-order valence-corrected chi connectivity index (χ0v) is 16.3. The molecule has 8 heteroatoms. The van der Waals surface area contributed by atoms with Gasteiger partial charge in [0.25, 0.3) is 0 Å². The van der Waals surface area contributed by atoms with Crippen LogP contribution in [0.4, 0.5) is 16.3 Å². The molecule has 2 aromatic carbocycles. The molecule has 0 aliphatic rings. The van der Waals surface area contributed by atoms with Gasteiger partial charge in [0.05, 0.1) is 23.0 Å². The van der Waals surface area contributed by atoms with Crippen molar-refractivity contribution in [3.8, 4) is 16.9 Å². The van der Waals surface area contributed by atoms with Gasteiger partial charge in [-0.2, -0.15) is 0 Å². The molecule has 0 saturated heterocycles. The number of nitrogen functional groups attached to an aromatic ring is 1. The molecule has 4 N–H and O–H groups in total. The van der Waals surface area contributed by atoms with Gasteiger partial charge in [-0.1, -0.05) is 24.3 Å². The third-order valence-corrected chi connectivity index (χ3v) is 5.56. The molecule has 0 saturated carbocycles. The molecule has 142 valence electrons. The van der Waals surface area contributed by atoms with Crippen molar-refractivity contribution in [3.05, 3.63) is 42.7 Å². The number of fused-ring (bicyclic) bond motifs is 3. The summed E-state index contributed by atoms with van der Waals surface area (Å²) in [5.41, 5.74) is 9.33. The molecule has 2 aromatic heterocycles. The molecule has 2 heterocycles. The minimum atomic E-state index is -0.271. The average Bonchev–Trinajstić information content (AvgIpc) is 3.07. The number of ether oxygens (including phenoxy) is 1. The summed E-state index contributed by atoms with van der Waals surface area (Å²) in [6, 6.07) is 11.5. The molecule has 2 amide bonds. The Morgan fingerprint density at radius 2 is 2.11 bits per heavy atom. The number of anilines is 2. The summed E-state index contributed by atoms with van der Waals surface area (Å²) in [6.45, 7) is 2.41. The smallest absolute Gasteiger partial charge is 0.319 e. The van der Waals surface area contributed by atoms with Crippen LogP contribution in [-0.2, 0) is 0 Å². The molecule has 0 radical (unpaired) electrons. The molecule has 0 spiro atoms. The van der Waals surface area contributed by atoms with E-state index in [0.29, 0.717) is 23.8 Å². The van der Waals surface area contributed by atoms with Crippen LogP contribution in [0.5, 0.6) is 5.75 Å². The number of rotatable bonds is 4. The van der Waals surface area contributed by atoms with Crippen LogP contribution in [0, 0.1) is 0 Å². The van der Waals surface area contributed by atoms with Crippen LogP contribution in [0.25, 0.3) is 31.4 Å². The Hall–Kier alpha value is -3.39. The number of nitrogens with one attached hydrogen (secondary N) is 2. The lowest BCUT2D eigenvalue weighted by Crippen LogP contribution is -2.28. The van der Waals surface area contributed by atoms with Crippen LogP contribution in [0.15, 0.2) is 42.7 Å². The van der Waals surface area contributed by atoms with Crippen molar-refractivity contribution in [1.29, 1.82) is 0 Å². The van der Waals surface area contributed by atoms with Gasteiger partial charge in [0, 0.05) is 22.2 Å². The van der Waals surface area contributed by atoms with Crippen molar-refractivity contribution in [2.24, 2.45) is 0 Å². The van der Waals surface area contributed by atoms with E-state index in [1.165, 1.54) is 6.33 Å². The van der Waals surface area contributed by atoms with Gasteiger partial charge in [-0.15, -0.1) is 11.3 Å². The number of carbonyl (C=O) groups is 1. The second-order valence-corrected chi connectivity index (χ2v) is 7.17. The third-order valence-electron chi connectivity index (χ3n) is 4.40. The van der Waals surface area contributed by atoms with E-state index in [2.05, 4.69) is 26.7 Å². The third kappa shape index (κ3) is 3.07. The number of hydrogen-bond acceptors (Lipinski definition) is 6. The summed E-state index contributed by atoms with van der Waals surface area (Å²) in [4.78, 5) is 20.4. The van der Waals surface area contributed by atoms with E-state index in [0.717, 1.165) is 31.4 Å². The fourth-order valence-electron chi connectivity index (χ4n) is 3.17. The number of carbonyl (C=O) groups excluding carboxylic acids is 1. The first-order chi connectivity index (χ1) is 13.6. The molecule has 0 fully saturated rings. The monoisotopic (exact) mass is 393 g/mol. The van der Waals surface area contributed by atoms with Crippen molar-refractivity contribution < 1.29 is 9.53 Å². The predicted octanol–water partition coefficient (Wildman–Crippen LogP) is 4.24. The van der Waals surface area contributed by atoms with E-state index >= 15 is 0 Å². The summed E-state index contributed by atoms with van der Waals surface area (Å²) in [6.07, 6.45) is 1.48. The maximum Gasteiger partial charge on any atom is 0.319 e. The summed E-state index contributed by atoms with van der Waals surface area (Å²) >= 11 is 1.56. The number of nitrogens with zero attached hydrogens (tertiary/aromatic N) is 2. The molecule has 7 nitrogen and oxygen atoms in total. The largest absolute Gasteiger partial charge is 0.494 e. The molecule has 0 aliphatic heterocycles. The topological polar surface area (TPSA) is 102 Å². The van der Waals surface area contributed by atoms with Gasteiger partial charge in [0.15, 0.2) is 0 Å². The Labute approximate surface area is 165 Å². The molecule has 0 atom stereocenters. The summed E-state index contributed by atoms with van der Waals surface area (Å²) in [7, 11) is 1.59. The van der Waals surface area contributed by atoms with Crippen molar-refractivity contribution >= 4 is 49.2 Å². The van der Waals surface area contributed by atoms with Crippen LogP contribution in [-0.4, -0.2) is 29.7 Å². The zero-order chi connectivity index (χ0) is 19.7. The van der Waals surface area contributed by atoms with E-state index in [-0.39, 0.29) is 6.03 Å². The highest BCUT2D eigenvalue weighted by Gasteiger charge is 2.15. The van der Waals surface area contributed by atoms with E-state index in [1.54, 1.807) is 18.4 Å². The first-order valence-corrected chi connectivity index (χ1v) is 9.59. The van der Waals surface area contributed by atoms with Crippen LogP contribution < -0.4 is 21.1 Å². The number of aromatic nitrogens is 2. The Balaban J connectivity index is 1.82. The SMILES string of the molecule is CCNC(=O)Nc1cccc(-c2ccc3c(c2)sc2c(N)ncnc23)c1OC. The maximum atomic E-state index is 11.9. The Bertz CT molecular complexity index is 1190. The highest BCUT2D eigenvalue weighted by molar-refractivity contribution is 7.26. The Kier molecular flexibility index (Phi) is 4.70. The molecular formula is C20H19N5O2S. The number of benzene rings is 2. The quantitative estimate of drug-likeness (QED) is 0.481. The van der Waals surface area contributed by atoms with Crippen molar-refractivity contribution in [2.45, 2.75) is 6.92 Å². The number of hydrogen-bond donors (Lipinski definition) is 3. The van der Waals surface area contributed by atoms with Gasteiger partial charge >= 0.3 is 6.03 Å². The van der Waals surface area contributed by atoms with Crippen molar-refractivity contribution in [1.82, 2.24) is 15.3 Å². The highest BCUT2D eigenvalue weighted by atomic mass is 32.1. The number of para-hydroxylation sites is 1. The molecule has 28 heavy (non-hydrogen) atoms. The standard InChI is InChI=1S/C20H19N5O2S/c1-3-22-20(26)25-14-6-4-5-12(17(14)27-2)11-7-8-13-15(9-11)28-18-16(13)23-10-24-19(18)21/h4-10H,3H2,1-2H3,(H2,21,23,24)(H2,22,25,26). The van der Waals surface area contributed by atoms with Crippen LogP contribution in [0.1, 0.15) is 6.92 Å². The van der Waals surface area contributed by atoms with E-state index in [4.69, 9.17) is 10.5 Å². The minimum Gasteiger partial charge on any atom is -0.494 e. The number of urea groups is 1. The lowest BCUT2D eigenvalue weighted by molar-refractivity contribution is 0.252. The van der Waals surface area contributed by atoms with Gasteiger partial charge in [-0.05, 0) is 24.6 Å². The zero-order valence-electron chi connectivity index (χ0n) is 15.4. The van der Waals surface area contributed by atoms with Crippen molar-refractivity contribution in [3.63, 3.8) is 0 Å². The maximum absolute atomic E-state index is 11.9. The van der Waals surface area contributed by atoms with Gasteiger partial charge in [-0.25, -0.2) is 14.8 Å². The molecular weight excluding hydrogens is 374 g/mol. The van der Waals surface area contributed by atoms with Crippen LogP contribution in [0.2, 0.25) is 0 Å². The summed E-state index contributed by atoms with van der Waals surface area (Å²) in [5.74, 6) is 1.09. The average molecular weight is 393 g/mol. The first kappa shape index (κ1) is 18.0. The van der Waals surface area contributed by atoms with E-state index < -0.39 is 0 Å². The number of nitrogens with two attached hydrogens (primary N) is 1. The van der Waals surface area contributed by atoms with Gasteiger partial charge in [0.1, 0.15) is 17.9 Å². The number of methoxy groups -OCH3 is 1. The van der Waals surface area contributed by atoms with E-state index in [1.807, 2.05) is 37.3 Å². The minimum absolute atomic E-state index is 0.271. The second kappa shape index (κ2) is 7.32. The lowest BCUT2D eigenvalue weighted by Gasteiger charge is -2.15. The Morgan fingerprint density at radius 3 is 2.89 bits per heavy atom. The van der Waals surface area contributed by atoms with E-state index in [9.17, 15) is 4.79 Å². The highest BCUT2D eigenvalue weighted by Crippen LogP contribution is 2.41. The fraction of sp³-hybridized carbons (Fsp3) is 0.150. The Morgan fingerprint density at radius 1 is 1.25 bits per heavy atom. The van der Waals surface area contributed by atoms with Gasteiger partial charge in [-0.3, -0.25) is 0 Å². The van der Waals surface area contributed by atoms with Crippen molar-refractivity contribution in [2.75, 3.05) is 24.7 Å². The van der Waals surface area contributed by atoms with Gasteiger partial charge < -0.3 is 21.1 Å². The first-order valence-electron chi connectivity index (χ1n) is 8.77. The van der Waals surface area contributed by atoms with Crippen LogP contribution in [0.3, 0.4) is 0 Å².